The normalized spacial score (nSPS) is 10.9. The highest BCUT2D eigenvalue weighted by Crippen LogP contribution is 2.18. The molecule has 0 saturated heterocycles. The predicted molar refractivity (Wildman–Crippen MR) is 85.4 cm³/mol. The molecule has 20 heavy (non-hydrogen) atoms. The molecule has 0 radical (unpaired) electrons. The number of Topliss-reactive ketones (excluding diaryl/α,β-unsaturated/α-hetero) is 1. The Hall–Kier alpha value is -1.69. The molecular weight excluding hydrogens is 368 g/mol. The lowest BCUT2D eigenvalue weighted by Gasteiger charge is -2.05. The summed E-state index contributed by atoms with van der Waals surface area (Å²) in [6.07, 6.45) is 1.81. The maximum atomic E-state index is 13.3. The number of benzene rings is 2. The zero-order valence-corrected chi connectivity index (χ0v) is 12.7. The second-order valence-corrected chi connectivity index (χ2v) is 5.82. The third kappa shape index (κ3) is 2.60. The number of hydrogen-bond acceptors (Lipinski definition) is 1. The van der Waals surface area contributed by atoms with Crippen molar-refractivity contribution in [3.05, 3.63) is 69.7 Å². The van der Waals surface area contributed by atoms with Crippen LogP contribution in [0.15, 0.2) is 54.7 Å². The van der Waals surface area contributed by atoms with Gasteiger partial charge in [0.2, 0.25) is 0 Å². The van der Waals surface area contributed by atoms with Gasteiger partial charge >= 0.3 is 0 Å². The molecule has 0 aliphatic carbocycles. The zero-order valence-electron chi connectivity index (χ0n) is 10.5. The first-order chi connectivity index (χ1) is 9.63. The van der Waals surface area contributed by atoms with Gasteiger partial charge in [-0.3, -0.25) is 4.79 Å². The molecule has 0 spiro atoms. The van der Waals surface area contributed by atoms with Crippen molar-refractivity contribution in [3.63, 3.8) is 0 Å². The van der Waals surface area contributed by atoms with E-state index in [1.54, 1.807) is 10.6 Å². The fraction of sp³-hybridized carbons (Fsp3) is 0.0625. The number of halogens is 2. The Bertz CT molecular complexity index is 777. The van der Waals surface area contributed by atoms with Crippen LogP contribution in [0.3, 0.4) is 0 Å². The first-order valence-electron chi connectivity index (χ1n) is 6.17. The van der Waals surface area contributed by atoms with Gasteiger partial charge in [-0.05, 0) is 64.4 Å². The average molecular weight is 379 g/mol. The number of ketones is 1. The number of carbonyl (C=O) groups excluding carboxylic acids is 1. The van der Waals surface area contributed by atoms with E-state index in [9.17, 15) is 9.18 Å². The minimum absolute atomic E-state index is 0.0168. The number of aromatic nitrogens is 1. The Labute approximate surface area is 129 Å². The van der Waals surface area contributed by atoms with E-state index >= 15 is 0 Å². The van der Waals surface area contributed by atoms with Crippen LogP contribution >= 0.6 is 22.6 Å². The number of rotatable bonds is 3. The van der Waals surface area contributed by atoms with E-state index in [2.05, 4.69) is 22.6 Å². The van der Waals surface area contributed by atoms with Crippen molar-refractivity contribution < 1.29 is 9.18 Å². The molecule has 3 rings (SSSR count). The van der Waals surface area contributed by atoms with E-state index in [1.165, 1.54) is 12.1 Å². The first kappa shape index (κ1) is 13.3. The van der Waals surface area contributed by atoms with Gasteiger partial charge in [-0.15, -0.1) is 0 Å². The SMILES string of the molecule is O=C(Cn1ccc2ccc(F)cc21)c1ccc(I)cc1. The molecule has 100 valence electrons. The molecule has 0 bridgehead atoms. The van der Waals surface area contributed by atoms with Crippen LogP contribution in [-0.2, 0) is 6.54 Å². The molecule has 1 heterocycles. The molecule has 0 unspecified atom stereocenters. The number of hydrogen-bond donors (Lipinski definition) is 0. The second-order valence-electron chi connectivity index (χ2n) is 4.58. The van der Waals surface area contributed by atoms with Crippen LogP contribution in [0.1, 0.15) is 10.4 Å². The molecule has 3 aromatic rings. The van der Waals surface area contributed by atoms with Gasteiger partial charge in [-0.2, -0.15) is 0 Å². The maximum Gasteiger partial charge on any atom is 0.182 e. The lowest BCUT2D eigenvalue weighted by Crippen LogP contribution is -2.09. The fourth-order valence-corrected chi connectivity index (χ4v) is 2.54. The number of nitrogens with zero attached hydrogens (tertiary/aromatic N) is 1. The molecule has 0 atom stereocenters. The molecule has 0 N–H and O–H groups in total. The molecule has 0 amide bonds. The van der Waals surface area contributed by atoms with Crippen LogP contribution in [0.4, 0.5) is 4.39 Å². The van der Waals surface area contributed by atoms with E-state index in [0.29, 0.717) is 5.56 Å². The summed E-state index contributed by atoms with van der Waals surface area (Å²) in [7, 11) is 0. The Morgan fingerprint density at radius 1 is 1.10 bits per heavy atom. The van der Waals surface area contributed by atoms with Crippen molar-refractivity contribution >= 4 is 39.3 Å². The molecular formula is C16H11FINO. The molecule has 0 aliphatic rings. The van der Waals surface area contributed by atoms with Crippen LogP contribution in [0, 0.1) is 9.39 Å². The van der Waals surface area contributed by atoms with Crippen molar-refractivity contribution in [2.24, 2.45) is 0 Å². The maximum absolute atomic E-state index is 13.3. The summed E-state index contributed by atoms with van der Waals surface area (Å²) in [6.45, 7) is 0.216. The summed E-state index contributed by atoms with van der Waals surface area (Å²) in [5, 5.41) is 0.932. The summed E-state index contributed by atoms with van der Waals surface area (Å²) in [6, 6.07) is 13.9. The van der Waals surface area contributed by atoms with Gasteiger partial charge in [0.25, 0.3) is 0 Å². The van der Waals surface area contributed by atoms with Crippen molar-refractivity contribution in [1.29, 1.82) is 0 Å². The molecule has 0 fully saturated rings. The summed E-state index contributed by atoms with van der Waals surface area (Å²) >= 11 is 2.20. The molecule has 0 aliphatic heterocycles. The third-order valence-electron chi connectivity index (χ3n) is 3.22. The van der Waals surface area contributed by atoms with Crippen LogP contribution in [-0.4, -0.2) is 10.4 Å². The van der Waals surface area contributed by atoms with Gasteiger partial charge in [-0.25, -0.2) is 4.39 Å². The Morgan fingerprint density at radius 3 is 2.60 bits per heavy atom. The monoisotopic (exact) mass is 379 g/mol. The second kappa shape index (κ2) is 5.36. The van der Waals surface area contributed by atoms with Gasteiger partial charge in [0.15, 0.2) is 5.78 Å². The van der Waals surface area contributed by atoms with Gasteiger partial charge in [0, 0.05) is 15.3 Å². The molecule has 4 heteroatoms. The van der Waals surface area contributed by atoms with E-state index in [-0.39, 0.29) is 18.1 Å². The Balaban J connectivity index is 1.91. The minimum atomic E-state index is -0.292. The van der Waals surface area contributed by atoms with Crippen LogP contribution in [0.2, 0.25) is 0 Å². The zero-order chi connectivity index (χ0) is 14.1. The highest BCUT2D eigenvalue weighted by Gasteiger charge is 2.09. The van der Waals surface area contributed by atoms with Gasteiger partial charge in [0.1, 0.15) is 5.82 Å². The summed E-state index contributed by atoms with van der Waals surface area (Å²) in [4.78, 5) is 12.2. The average Bonchev–Trinajstić information content (AvgIpc) is 2.82. The standard InChI is InChI=1S/C16H11FINO/c17-13-4-1-11-7-8-19(15(11)9-13)10-16(20)12-2-5-14(18)6-3-12/h1-9H,10H2. The predicted octanol–water partition coefficient (Wildman–Crippen LogP) is 4.27. The molecule has 1 aromatic heterocycles. The van der Waals surface area contributed by atoms with Crippen LogP contribution < -0.4 is 0 Å². The van der Waals surface area contributed by atoms with E-state index < -0.39 is 0 Å². The number of fused-ring (bicyclic) bond motifs is 1. The summed E-state index contributed by atoms with van der Waals surface area (Å²) in [5.41, 5.74) is 1.41. The molecule has 0 saturated carbocycles. The number of carbonyl (C=O) groups is 1. The van der Waals surface area contributed by atoms with Gasteiger partial charge in [0.05, 0.1) is 12.1 Å². The molecule has 2 aromatic carbocycles. The third-order valence-corrected chi connectivity index (χ3v) is 3.94. The van der Waals surface area contributed by atoms with Crippen molar-refractivity contribution in [2.75, 3.05) is 0 Å². The quantitative estimate of drug-likeness (QED) is 0.492. The van der Waals surface area contributed by atoms with Crippen molar-refractivity contribution in [2.45, 2.75) is 6.54 Å². The van der Waals surface area contributed by atoms with Crippen molar-refractivity contribution in [1.82, 2.24) is 4.57 Å². The minimum Gasteiger partial charge on any atom is -0.340 e. The van der Waals surface area contributed by atoms with Crippen LogP contribution in [0.25, 0.3) is 10.9 Å². The first-order valence-corrected chi connectivity index (χ1v) is 7.24. The van der Waals surface area contributed by atoms with Gasteiger partial charge < -0.3 is 4.57 Å². The highest BCUT2D eigenvalue weighted by molar-refractivity contribution is 14.1. The van der Waals surface area contributed by atoms with E-state index in [1.807, 2.05) is 36.5 Å². The fourth-order valence-electron chi connectivity index (χ4n) is 2.18. The van der Waals surface area contributed by atoms with Gasteiger partial charge in [-0.1, -0.05) is 12.1 Å². The molecule has 2 nitrogen and oxygen atoms in total. The summed E-state index contributed by atoms with van der Waals surface area (Å²) in [5.74, 6) is -0.276. The van der Waals surface area contributed by atoms with E-state index in [0.717, 1.165) is 14.5 Å². The van der Waals surface area contributed by atoms with E-state index in [4.69, 9.17) is 0 Å². The topological polar surface area (TPSA) is 22.0 Å². The summed E-state index contributed by atoms with van der Waals surface area (Å²) < 4.78 is 16.2. The Morgan fingerprint density at radius 2 is 1.85 bits per heavy atom. The van der Waals surface area contributed by atoms with Crippen LogP contribution in [0.5, 0.6) is 0 Å². The largest absolute Gasteiger partial charge is 0.340 e. The Kier molecular flexibility index (Phi) is 3.56. The highest BCUT2D eigenvalue weighted by atomic mass is 127. The van der Waals surface area contributed by atoms with Crippen molar-refractivity contribution in [3.8, 4) is 0 Å². The smallest absolute Gasteiger partial charge is 0.182 e. The lowest BCUT2D eigenvalue weighted by molar-refractivity contribution is 0.0973. The lowest BCUT2D eigenvalue weighted by atomic mass is 10.1.